The summed E-state index contributed by atoms with van der Waals surface area (Å²) in [5.41, 5.74) is 4.21. The van der Waals surface area contributed by atoms with Gasteiger partial charge in [0, 0.05) is 0 Å². The first-order valence-corrected chi connectivity index (χ1v) is 13.2. The number of hydrogen-bond acceptors (Lipinski definition) is 1. The Morgan fingerprint density at radius 3 is 2.57 bits per heavy atom. The van der Waals surface area contributed by atoms with Crippen LogP contribution in [0.15, 0.2) is 23.3 Å². The van der Waals surface area contributed by atoms with Crippen molar-refractivity contribution in [3.05, 3.63) is 23.3 Å². The van der Waals surface area contributed by atoms with Gasteiger partial charge in [0.25, 0.3) is 0 Å². The van der Waals surface area contributed by atoms with Crippen molar-refractivity contribution in [3.63, 3.8) is 0 Å². The lowest BCUT2D eigenvalue weighted by Gasteiger charge is -2.58. The zero-order valence-corrected chi connectivity index (χ0v) is 20.7. The summed E-state index contributed by atoms with van der Waals surface area (Å²) in [6, 6.07) is 0. The van der Waals surface area contributed by atoms with Crippen LogP contribution in [0, 0.1) is 46.3 Å². The quantitative estimate of drug-likeness (QED) is 0.454. The molecule has 0 radical (unpaired) electrons. The molecule has 1 heteroatoms. The molecule has 0 amide bonds. The Balaban J connectivity index is 1.49. The highest BCUT2D eigenvalue weighted by atomic mass is 16.3. The highest BCUT2D eigenvalue weighted by molar-refractivity contribution is 5.25. The molecule has 170 valence electrons. The average Bonchev–Trinajstić information content (AvgIpc) is 3.06. The molecule has 30 heavy (non-hydrogen) atoms. The van der Waals surface area contributed by atoms with E-state index in [0.29, 0.717) is 16.7 Å². The van der Waals surface area contributed by atoms with E-state index in [4.69, 9.17) is 0 Å². The predicted octanol–water partition coefficient (Wildman–Crippen LogP) is 7.94. The fraction of sp³-hybridized carbons (Fsp3) is 0.862. The zero-order valence-electron chi connectivity index (χ0n) is 20.7. The molecule has 8 atom stereocenters. The lowest BCUT2D eigenvalue weighted by atomic mass is 9.47. The Labute approximate surface area is 186 Å². The van der Waals surface area contributed by atoms with Gasteiger partial charge < -0.3 is 5.11 Å². The summed E-state index contributed by atoms with van der Waals surface area (Å²) in [5, 5.41) is 10.2. The van der Waals surface area contributed by atoms with Gasteiger partial charge in [-0.1, -0.05) is 57.9 Å². The van der Waals surface area contributed by atoms with Gasteiger partial charge in [-0.05, 0) is 117 Å². The van der Waals surface area contributed by atoms with E-state index < -0.39 is 0 Å². The van der Waals surface area contributed by atoms with Gasteiger partial charge in [-0.15, -0.1) is 0 Å². The van der Waals surface area contributed by atoms with Crippen LogP contribution < -0.4 is 0 Å². The fourth-order valence-electron chi connectivity index (χ4n) is 8.98. The van der Waals surface area contributed by atoms with Crippen LogP contribution in [0.1, 0.15) is 106 Å². The summed E-state index contributed by atoms with van der Waals surface area (Å²) in [5.74, 6) is 5.15. The van der Waals surface area contributed by atoms with Gasteiger partial charge in [0.05, 0.1) is 6.10 Å². The van der Waals surface area contributed by atoms with Crippen molar-refractivity contribution in [3.8, 4) is 0 Å². The molecule has 0 heterocycles. The smallest absolute Gasteiger partial charge is 0.0577 e. The van der Waals surface area contributed by atoms with Crippen molar-refractivity contribution in [2.24, 2.45) is 46.3 Å². The monoisotopic (exact) mass is 412 g/mol. The molecule has 0 spiro atoms. The lowest BCUT2D eigenvalue weighted by molar-refractivity contribution is -0.0571. The van der Waals surface area contributed by atoms with E-state index in [2.05, 4.69) is 53.7 Å². The first-order valence-electron chi connectivity index (χ1n) is 13.2. The van der Waals surface area contributed by atoms with Gasteiger partial charge in [0.2, 0.25) is 0 Å². The van der Waals surface area contributed by atoms with E-state index in [9.17, 15) is 5.11 Å². The molecule has 0 aliphatic heterocycles. The van der Waals surface area contributed by atoms with Crippen molar-refractivity contribution >= 4 is 0 Å². The van der Waals surface area contributed by atoms with Crippen LogP contribution in [-0.2, 0) is 0 Å². The van der Waals surface area contributed by atoms with Crippen LogP contribution >= 0.6 is 0 Å². The van der Waals surface area contributed by atoms with E-state index in [-0.39, 0.29) is 6.10 Å². The number of fused-ring (bicyclic) bond motifs is 5. The second kappa shape index (κ2) is 8.42. The fourth-order valence-corrected chi connectivity index (χ4v) is 8.98. The number of allylic oxidation sites excluding steroid dienone is 3. The van der Waals surface area contributed by atoms with Crippen molar-refractivity contribution in [1.29, 1.82) is 0 Å². The van der Waals surface area contributed by atoms with Gasteiger partial charge >= 0.3 is 0 Å². The van der Waals surface area contributed by atoms with Crippen molar-refractivity contribution in [2.75, 3.05) is 0 Å². The van der Waals surface area contributed by atoms with Gasteiger partial charge in [0.15, 0.2) is 0 Å². The summed E-state index contributed by atoms with van der Waals surface area (Å²) in [6.07, 6.45) is 17.8. The average molecular weight is 413 g/mol. The third-order valence-electron chi connectivity index (χ3n) is 10.8. The summed E-state index contributed by atoms with van der Waals surface area (Å²) < 4.78 is 0. The topological polar surface area (TPSA) is 20.2 Å². The van der Waals surface area contributed by atoms with E-state index in [1.165, 1.54) is 51.4 Å². The number of hydrogen-bond donors (Lipinski definition) is 1. The first-order chi connectivity index (χ1) is 14.2. The Morgan fingerprint density at radius 2 is 1.87 bits per heavy atom. The molecule has 0 saturated heterocycles. The molecule has 4 aliphatic carbocycles. The normalized spacial score (nSPS) is 44.9. The molecule has 1 N–H and O–H groups in total. The Kier molecular flexibility index (Phi) is 6.35. The summed E-state index contributed by atoms with van der Waals surface area (Å²) in [7, 11) is 0. The van der Waals surface area contributed by atoms with E-state index >= 15 is 0 Å². The Hall–Kier alpha value is -0.560. The van der Waals surface area contributed by atoms with Crippen LogP contribution in [-0.4, -0.2) is 11.2 Å². The van der Waals surface area contributed by atoms with E-state index in [1.807, 2.05) is 0 Å². The van der Waals surface area contributed by atoms with Crippen LogP contribution in [0.3, 0.4) is 0 Å². The molecule has 0 aromatic carbocycles. The maximum atomic E-state index is 10.2. The first kappa shape index (κ1) is 22.6. The molecule has 3 fully saturated rings. The Bertz CT molecular complexity index is 686. The molecule has 0 bridgehead atoms. The van der Waals surface area contributed by atoms with Gasteiger partial charge in [0.1, 0.15) is 0 Å². The molecule has 0 aromatic heterocycles. The third kappa shape index (κ3) is 3.66. The molecule has 3 saturated carbocycles. The number of aliphatic hydroxyl groups excluding tert-OH is 1. The van der Waals surface area contributed by atoms with Gasteiger partial charge in [-0.3, -0.25) is 0 Å². The summed E-state index contributed by atoms with van der Waals surface area (Å²) >= 11 is 0. The molecule has 0 unspecified atom stereocenters. The van der Waals surface area contributed by atoms with Crippen LogP contribution in [0.2, 0.25) is 0 Å². The number of aliphatic hydroxyl groups is 1. The predicted molar refractivity (Wildman–Crippen MR) is 128 cm³/mol. The lowest BCUT2D eigenvalue weighted by Crippen LogP contribution is -2.50. The molecule has 4 aliphatic rings. The maximum Gasteiger partial charge on any atom is 0.0577 e. The van der Waals surface area contributed by atoms with E-state index in [1.54, 1.807) is 11.1 Å². The van der Waals surface area contributed by atoms with Crippen LogP contribution in [0.5, 0.6) is 0 Å². The number of rotatable bonds is 5. The second-order valence-corrected chi connectivity index (χ2v) is 12.4. The van der Waals surface area contributed by atoms with Crippen LogP contribution in [0.4, 0.5) is 0 Å². The van der Waals surface area contributed by atoms with Crippen molar-refractivity contribution in [1.82, 2.24) is 0 Å². The Morgan fingerprint density at radius 1 is 1.10 bits per heavy atom. The van der Waals surface area contributed by atoms with Gasteiger partial charge in [-0.25, -0.2) is 0 Å². The minimum atomic E-state index is -0.0839. The molecular formula is C29H48O. The third-order valence-corrected chi connectivity index (χ3v) is 10.8. The largest absolute Gasteiger partial charge is 0.393 e. The molecule has 4 rings (SSSR count). The second-order valence-electron chi connectivity index (χ2n) is 12.4. The minimum Gasteiger partial charge on any atom is -0.393 e. The molecule has 1 nitrogen and oxygen atoms in total. The zero-order chi connectivity index (χ0) is 21.7. The molecular weight excluding hydrogens is 364 g/mol. The summed E-state index contributed by atoms with van der Waals surface area (Å²) in [6.45, 7) is 14.7. The van der Waals surface area contributed by atoms with Crippen LogP contribution in [0.25, 0.3) is 0 Å². The SMILES string of the molecule is CC=C(CC[C@@H](C)[C@H]1CC[C@H]2[C@@H]3CC=C4C[C@@H](O)CC[C@]4(C)[C@@H]3CC[C@]12C)C(C)C. The maximum absolute atomic E-state index is 10.2. The van der Waals surface area contributed by atoms with Crippen molar-refractivity contribution in [2.45, 2.75) is 112 Å². The minimum absolute atomic E-state index is 0.0839. The standard InChI is InChI=1S/C29H48O/c1-7-21(19(2)3)9-8-20(4)25-12-13-26-24-11-10-22-18-23(30)14-16-28(22,5)27(24)15-17-29(25,26)6/h7,10,19-20,23-27,30H,8-9,11-18H2,1-6H3/t20-,23+,24+,25-,26+,27-,28+,29-/m1/s1. The summed E-state index contributed by atoms with van der Waals surface area (Å²) in [4.78, 5) is 0. The highest BCUT2D eigenvalue weighted by Crippen LogP contribution is 2.67. The highest BCUT2D eigenvalue weighted by Gasteiger charge is 2.59. The molecule has 0 aromatic rings. The van der Waals surface area contributed by atoms with Gasteiger partial charge in [-0.2, -0.15) is 0 Å². The van der Waals surface area contributed by atoms with E-state index in [0.717, 1.165) is 42.4 Å². The van der Waals surface area contributed by atoms with Crippen molar-refractivity contribution < 1.29 is 5.11 Å².